The number of halogens is 8. The van der Waals surface area contributed by atoms with Gasteiger partial charge in [-0.3, -0.25) is 0 Å². The fourth-order valence-electron chi connectivity index (χ4n) is 1.41. The number of sulfonamides is 1. The molecular weight excluding hydrogens is 460 g/mol. The van der Waals surface area contributed by atoms with E-state index < -0.39 is 52.1 Å². The summed E-state index contributed by atoms with van der Waals surface area (Å²) in [7, 11) is -1.06. The summed E-state index contributed by atoms with van der Waals surface area (Å²) in [6, 6.07) is 0. The van der Waals surface area contributed by atoms with E-state index in [0.29, 0.717) is 13.0 Å². The van der Waals surface area contributed by atoms with Gasteiger partial charge in [0.2, 0.25) is 10.0 Å². The fraction of sp³-hybridized carbons (Fsp3) is 0.917. The first kappa shape index (κ1) is 32.8. The number of nitrogens with one attached hydrogen (secondary N) is 1. The molecule has 0 unspecified atom stereocenters. The number of carbonyl (C=O) groups excluding carboxylic acids is 1. The van der Waals surface area contributed by atoms with Gasteiger partial charge in [-0.2, -0.15) is 26.3 Å². The number of carbonyl (C=O) groups is 1. The molecule has 0 fully saturated rings. The third-order valence-corrected chi connectivity index (χ3v) is 4.43. The third-order valence-electron chi connectivity index (χ3n) is 2.83. The van der Waals surface area contributed by atoms with E-state index in [-0.39, 0.29) is 36.1 Å². The standard InChI is InChI=1S/C10H17F7N2O2S.C2H3ClO2.Na/c1-19(2)6-3-5-18-22(20,21)7-4-8(11,9(12,13)14)10(15,16)17;3-1-2(4)5;/h18H,3-7H2,1-2H3;1H2,(H,4,5);/q;;+1/p-1. The molecule has 164 valence electrons. The number of rotatable bonds is 9. The van der Waals surface area contributed by atoms with E-state index in [4.69, 9.17) is 9.90 Å². The van der Waals surface area contributed by atoms with Gasteiger partial charge in [-0.05, 0) is 27.1 Å². The Morgan fingerprint density at radius 1 is 1.07 bits per heavy atom. The van der Waals surface area contributed by atoms with Gasteiger partial charge in [0.05, 0.1) is 17.6 Å². The van der Waals surface area contributed by atoms with Crippen LogP contribution in [0.1, 0.15) is 12.8 Å². The van der Waals surface area contributed by atoms with Gasteiger partial charge in [0.25, 0.3) is 5.67 Å². The number of hydrogen-bond acceptors (Lipinski definition) is 5. The van der Waals surface area contributed by atoms with Crippen LogP contribution in [0.3, 0.4) is 0 Å². The second-order valence-corrected chi connectivity index (χ2v) is 7.62. The molecular formula is C12H19ClF7N2NaO4S. The summed E-state index contributed by atoms with van der Waals surface area (Å²) >= 11 is 4.67. The molecule has 0 heterocycles. The fourth-order valence-corrected chi connectivity index (χ4v) is 2.56. The van der Waals surface area contributed by atoms with Gasteiger partial charge in [0.15, 0.2) is 0 Å². The first-order chi connectivity index (χ1) is 11.9. The third kappa shape index (κ3) is 13.4. The average Bonchev–Trinajstić information content (AvgIpc) is 2.47. The molecule has 0 aliphatic carbocycles. The Labute approximate surface area is 185 Å². The molecule has 0 amide bonds. The first-order valence-electron chi connectivity index (χ1n) is 7.10. The van der Waals surface area contributed by atoms with Gasteiger partial charge in [0.1, 0.15) is 0 Å². The molecule has 28 heavy (non-hydrogen) atoms. The number of carboxylic acids is 1. The zero-order valence-electron chi connectivity index (χ0n) is 15.3. The first-order valence-corrected chi connectivity index (χ1v) is 9.28. The predicted octanol–water partition coefficient (Wildman–Crippen LogP) is -1.94. The van der Waals surface area contributed by atoms with Crippen molar-refractivity contribution in [2.24, 2.45) is 0 Å². The number of alkyl halides is 8. The maximum atomic E-state index is 13.3. The summed E-state index contributed by atoms with van der Waals surface area (Å²) in [6.45, 7) is 0.290. The van der Waals surface area contributed by atoms with E-state index in [9.17, 15) is 39.2 Å². The van der Waals surface area contributed by atoms with Crippen LogP contribution in [0.4, 0.5) is 30.7 Å². The van der Waals surface area contributed by atoms with Crippen LogP contribution < -0.4 is 39.4 Å². The molecule has 0 atom stereocenters. The maximum Gasteiger partial charge on any atom is 1.00 e. The van der Waals surface area contributed by atoms with E-state index in [1.807, 2.05) is 4.72 Å². The molecule has 0 aliphatic heterocycles. The molecule has 1 N–H and O–H groups in total. The number of hydrogen-bond donors (Lipinski definition) is 1. The van der Waals surface area contributed by atoms with Crippen molar-refractivity contribution < 1.29 is 78.6 Å². The number of carboxylic acid groups (broad SMARTS) is 1. The van der Waals surface area contributed by atoms with Crippen LogP contribution in [0.5, 0.6) is 0 Å². The van der Waals surface area contributed by atoms with E-state index >= 15 is 0 Å². The summed E-state index contributed by atoms with van der Waals surface area (Å²) in [6.07, 6.45) is -14.4. The SMILES string of the molecule is CN(C)CCCNS(=O)(=O)CCC(F)(C(F)(F)F)C(F)(F)F.O=C([O-])CCl.[Na+]. The van der Waals surface area contributed by atoms with E-state index in [1.165, 1.54) is 0 Å². The van der Waals surface area contributed by atoms with Crippen LogP contribution in [0.2, 0.25) is 0 Å². The largest absolute Gasteiger partial charge is 1.00 e. The maximum absolute atomic E-state index is 13.3. The summed E-state index contributed by atoms with van der Waals surface area (Å²) in [5.41, 5.74) is -5.56. The van der Waals surface area contributed by atoms with Gasteiger partial charge < -0.3 is 14.8 Å². The van der Waals surface area contributed by atoms with Gasteiger partial charge in [-0.1, -0.05) is 0 Å². The second-order valence-electron chi connectivity index (χ2n) is 5.42. The second kappa shape index (κ2) is 13.4. The Morgan fingerprint density at radius 2 is 1.46 bits per heavy atom. The molecule has 0 bridgehead atoms. The Balaban J connectivity index is -0.000000918. The van der Waals surface area contributed by atoms with Gasteiger partial charge >= 0.3 is 41.9 Å². The van der Waals surface area contributed by atoms with Crippen molar-refractivity contribution in [3.05, 3.63) is 0 Å². The molecule has 0 aromatic rings. The van der Waals surface area contributed by atoms with E-state index in [0.717, 1.165) is 0 Å². The van der Waals surface area contributed by atoms with Gasteiger partial charge in [0, 0.05) is 13.0 Å². The molecule has 0 aromatic carbocycles. The zero-order chi connectivity index (χ0) is 22.1. The summed E-state index contributed by atoms with van der Waals surface area (Å²) in [5, 5.41) is 9.12. The van der Waals surface area contributed by atoms with Crippen LogP contribution in [0.15, 0.2) is 0 Å². The van der Waals surface area contributed by atoms with Crippen molar-refractivity contribution in [1.29, 1.82) is 0 Å². The monoisotopic (exact) mass is 478 g/mol. The van der Waals surface area contributed by atoms with E-state index in [2.05, 4.69) is 11.6 Å². The van der Waals surface area contributed by atoms with Crippen molar-refractivity contribution in [3.63, 3.8) is 0 Å². The topological polar surface area (TPSA) is 89.5 Å². The molecule has 0 aliphatic rings. The Bertz CT molecular complexity index is 545. The van der Waals surface area contributed by atoms with Crippen LogP contribution >= 0.6 is 11.6 Å². The summed E-state index contributed by atoms with van der Waals surface area (Å²) in [5.74, 6) is -3.27. The van der Waals surface area contributed by atoms with Crippen molar-refractivity contribution in [2.45, 2.75) is 30.9 Å². The van der Waals surface area contributed by atoms with Crippen molar-refractivity contribution >= 4 is 27.6 Å². The Hall–Kier alpha value is 0.140. The Morgan fingerprint density at radius 3 is 1.75 bits per heavy atom. The smallest absolute Gasteiger partial charge is 0.549 e. The average molecular weight is 479 g/mol. The van der Waals surface area contributed by atoms with E-state index in [1.54, 1.807) is 19.0 Å². The van der Waals surface area contributed by atoms with Gasteiger partial charge in [-0.15, -0.1) is 11.6 Å². The summed E-state index contributed by atoms with van der Waals surface area (Å²) < 4.78 is 111. The molecule has 0 saturated heterocycles. The van der Waals surface area contributed by atoms with Crippen LogP contribution in [0, 0.1) is 0 Å². The molecule has 6 nitrogen and oxygen atoms in total. The number of aliphatic carboxylic acids is 1. The van der Waals surface area contributed by atoms with Crippen molar-refractivity contribution in [3.8, 4) is 0 Å². The Kier molecular flexibility index (Phi) is 15.7. The van der Waals surface area contributed by atoms with Gasteiger partial charge in [-0.25, -0.2) is 17.5 Å². The molecule has 0 saturated carbocycles. The van der Waals surface area contributed by atoms with Crippen molar-refractivity contribution in [1.82, 2.24) is 9.62 Å². The minimum atomic E-state index is -6.24. The van der Waals surface area contributed by atoms with Crippen molar-refractivity contribution in [2.75, 3.05) is 38.8 Å². The normalized spacial score (nSPS) is 12.8. The van der Waals surface area contributed by atoms with Crippen LogP contribution in [-0.2, 0) is 14.8 Å². The predicted molar refractivity (Wildman–Crippen MR) is 81.3 cm³/mol. The minimum absolute atomic E-state index is 0. The summed E-state index contributed by atoms with van der Waals surface area (Å²) in [4.78, 5) is 10.8. The van der Waals surface area contributed by atoms with Crippen LogP contribution in [-0.4, -0.2) is 76.1 Å². The molecule has 16 heteroatoms. The minimum Gasteiger partial charge on any atom is -0.549 e. The zero-order valence-corrected chi connectivity index (χ0v) is 18.8. The molecule has 0 radical (unpaired) electrons. The molecule has 0 aromatic heterocycles. The molecule has 0 spiro atoms. The number of nitrogens with zero attached hydrogens (tertiary/aromatic N) is 1. The van der Waals surface area contributed by atoms with Crippen LogP contribution in [0.25, 0.3) is 0 Å². The molecule has 0 rings (SSSR count). The quantitative estimate of drug-likeness (QED) is 0.180.